The lowest BCUT2D eigenvalue weighted by Crippen LogP contribution is -2.46. The predicted octanol–water partition coefficient (Wildman–Crippen LogP) is 2.76. The molecule has 3 rings (SSSR count). The summed E-state index contributed by atoms with van der Waals surface area (Å²) in [6, 6.07) is 4.05. The van der Waals surface area contributed by atoms with Crippen LogP contribution in [0, 0.1) is 5.41 Å². The molecule has 0 unspecified atom stereocenters. The van der Waals surface area contributed by atoms with Gasteiger partial charge in [-0.1, -0.05) is 12.5 Å². The van der Waals surface area contributed by atoms with Gasteiger partial charge in [0.25, 0.3) is 0 Å². The number of rotatable bonds is 8. The van der Waals surface area contributed by atoms with Crippen LogP contribution in [0.3, 0.4) is 0 Å². The summed E-state index contributed by atoms with van der Waals surface area (Å²) in [5, 5.41) is 6.84. The van der Waals surface area contributed by atoms with Gasteiger partial charge in [0.05, 0.1) is 0 Å². The molecule has 0 spiro atoms. The minimum Gasteiger partial charge on any atom is -0.385 e. The van der Waals surface area contributed by atoms with Crippen molar-refractivity contribution in [2.24, 2.45) is 10.4 Å². The normalized spacial score (nSPS) is 15.6. The van der Waals surface area contributed by atoms with Gasteiger partial charge in [0.1, 0.15) is 12.1 Å². The van der Waals surface area contributed by atoms with E-state index in [4.69, 9.17) is 4.74 Å². The highest BCUT2D eigenvalue weighted by Crippen LogP contribution is 2.43. The number of nitrogens with one attached hydrogen (secondary N) is 2. The number of guanidine groups is 1. The number of aliphatic imine (C=N–C) groups is 1. The minimum absolute atomic E-state index is 0. The largest absolute Gasteiger partial charge is 0.385 e. The SMILES string of the molecule is CN=C(NCc1ccc(-n2ccnc2)nc1)NCC1(CCOC)CCC1.I. The fourth-order valence-corrected chi connectivity index (χ4v) is 3.26. The number of aromatic nitrogens is 3. The minimum atomic E-state index is 0. The quantitative estimate of drug-likeness (QED) is 0.343. The summed E-state index contributed by atoms with van der Waals surface area (Å²) in [5.74, 6) is 1.69. The van der Waals surface area contributed by atoms with E-state index < -0.39 is 0 Å². The van der Waals surface area contributed by atoms with Gasteiger partial charge in [0.2, 0.25) is 0 Å². The van der Waals surface area contributed by atoms with Gasteiger partial charge >= 0.3 is 0 Å². The molecule has 2 heterocycles. The molecule has 0 saturated heterocycles. The second-order valence-electron chi connectivity index (χ2n) is 6.87. The molecule has 7 nitrogen and oxygen atoms in total. The summed E-state index contributed by atoms with van der Waals surface area (Å²) in [6.45, 7) is 2.44. The highest BCUT2D eigenvalue weighted by molar-refractivity contribution is 14.0. The number of imidazole rings is 1. The molecule has 1 fully saturated rings. The molecule has 0 bridgehead atoms. The van der Waals surface area contributed by atoms with Gasteiger partial charge in [-0.25, -0.2) is 9.97 Å². The molecule has 0 radical (unpaired) electrons. The Kier molecular flexibility index (Phi) is 8.49. The molecule has 1 aliphatic carbocycles. The van der Waals surface area contributed by atoms with Crippen molar-refractivity contribution in [1.29, 1.82) is 0 Å². The van der Waals surface area contributed by atoms with E-state index in [1.165, 1.54) is 19.3 Å². The van der Waals surface area contributed by atoms with Gasteiger partial charge < -0.3 is 15.4 Å². The molecule has 2 aromatic rings. The summed E-state index contributed by atoms with van der Waals surface area (Å²) in [4.78, 5) is 12.8. The molecule has 2 aromatic heterocycles. The van der Waals surface area contributed by atoms with Crippen LogP contribution in [0.2, 0.25) is 0 Å². The molecule has 1 aliphatic rings. The van der Waals surface area contributed by atoms with Gasteiger partial charge in [-0.15, -0.1) is 24.0 Å². The van der Waals surface area contributed by atoms with E-state index in [1.807, 2.05) is 23.0 Å². The second kappa shape index (κ2) is 10.6. The van der Waals surface area contributed by atoms with Crippen LogP contribution in [0.1, 0.15) is 31.2 Å². The number of halogens is 1. The fraction of sp³-hybridized carbons (Fsp3) is 0.526. The van der Waals surface area contributed by atoms with Crippen LogP contribution in [0.15, 0.2) is 42.0 Å². The molecule has 0 amide bonds. The lowest BCUT2D eigenvalue weighted by molar-refractivity contribution is 0.0732. The number of methoxy groups -OCH3 is 1. The molecular formula is C19H29IN6O. The Morgan fingerprint density at radius 1 is 1.33 bits per heavy atom. The number of hydrogen-bond donors (Lipinski definition) is 2. The van der Waals surface area contributed by atoms with Crippen molar-refractivity contribution in [3.05, 3.63) is 42.6 Å². The smallest absolute Gasteiger partial charge is 0.191 e. The Morgan fingerprint density at radius 2 is 2.19 bits per heavy atom. The summed E-state index contributed by atoms with van der Waals surface area (Å²) < 4.78 is 7.15. The Morgan fingerprint density at radius 3 is 2.74 bits per heavy atom. The van der Waals surface area contributed by atoms with E-state index in [0.29, 0.717) is 12.0 Å². The van der Waals surface area contributed by atoms with Crippen LogP contribution in [-0.4, -0.2) is 47.8 Å². The van der Waals surface area contributed by atoms with Gasteiger partial charge in [0.15, 0.2) is 5.96 Å². The maximum atomic E-state index is 5.26. The Bertz CT molecular complexity index is 697. The number of hydrogen-bond acceptors (Lipinski definition) is 4. The lowest BCUT2D eigenvalue weighted by atomic mass is 9.67. The van der Waals surface area contributed by atoms with Crippen molar-refractivity contribution >= 4 is 29.9 Å². The van der Waals surface area contributed by atoms with Crippen molar-refractivity contribution < 1.29 is 4.74 Å². The first-order valence-corrected chi connectivity index (χ1v) is 9.11. The van der Waals surface area contributed by atoms with Crippen LogP contribution >= 0.6 is 24.0 Å². The predicted molar refractivity (Wildman–Crippen MR) is 118 cm³/mol. The molecule has 8 heteroatoms. The average Bonchev–Trinajstić information content (AvgIpc) is 3.18. The summed E-state index contributed by atoms with van der Waals surface area (Å²) in [7, 11) is 3.57. The summed E-state index contributed by atoms with van der Waals surface area (Å²) in [6.07, 6.45) is 12.2. The third-order valence-corrected chi connectivity index (χ3v) is 5.14. The van der Waals surface area contributed by atoms with E-state index in [1.54, 1.807) is 26.7 Å². The number of nitrogens with zero attached hydrogens (tertiary/aromatic N) is 4. The average molecular weight is 484 g/mol. The van der Waals surface area contributed by atoms with E-state index in [0.717, 1.165) is 36.9 Å². The molecular weight excluding hydrogens is 455 g/mol. The summed E-state index contributed by atoms with van der Waals surface area (Å²) in [5.41, 5.74) is 1.47. The molecule has 1 saturated carbocycles. The van der Waals surface area contributed by atoms with E-state index >= 15 is 0 Å². The van der Waals surface area contributed by atoms with E-state index in [9.17, 15) is 0 Å². The van der Waals surface area contributed by atoms with E-state index in [2.05, 4.69) is 31.7 Å². The zero-order valence-corrected chi connectivity index (χ0v) is 18.3. The monoisotopic (exact) mass is 484 g/mol. The third-order valence-electron chi connectivity index (χ3n) is 5.14. The van der Waals surface area contributed by atoms with Crippen LogP contribution in [-0.2, 0) is 11.3 Å². The van der Waals surface area contributed by atoms with Gasteiger partial charge in [-0.05, 0) is 36.3 Å². The van der Waals surface area contributed by atoms with Crippen LogP contribution in [0.25, 0.3) is 5.82 Å². The van der Waals surface area contributed by atoms with Crippen molar-refractivity contribution in [3.8, 4) is 5.82 Å². The fourth-order valence-electron chi connectivity index (χ4n) is 3.26. The number of ether oxygens (including phenoxy) is 1. The van der Waals surface area contributed by atoms with Crippen molar-refractivity contribution in [1.82, 2.24) is 25.2 Å². The first-order chi connectivity index (χ1) is 12.7. The van der Waals surface area contributed by atoms with Gasteiger partial charge in [-0.3, -0.25) is 9.56 Å². The van der Waals surface area contributed by atoms with Gasteiger partial charge in [-0.2, -0.15) is 0 Å². The zero-order valence-electron chi connectivity index (χ0n) is 16.0. The lowest BCUT2D eigenvalue weighted by Gasteiger charge is -2.42. The maximum Gasteiger partial charge on any atom is 0.191 e. The van der Waals surface area contributed by atoms with E-state index in [-0.39, 0.29) is 24.0 Å². The third kappa shape index (κ3) is 5.90. The molecule has 0 aromatic carbocycles. The molecule has 2 N–H and O–H groups in total. The van der Waals surface area contributed by atoms with Crippen molar-refractivity contribution in [2.75, 3.05) is 27.3 Å². The maximum absolute atomic E-state index is 5.26. The van der Waals surface area contributed by atoms with Crippen molar-refractivity contribution in [3.63, 3.8) is 0 Å². The molecule has 148 valence electrons. The second-order valence-corrected chi connectivity index (χ2v) is 6.87. The van der Waals surface area contributed by atoms with Crippen LogP contribution < -0.4 is 10.6 Å². The highest BCUT2D eigenvalue weighted by atomic mass is 127. The molecule has 0 aliphatic heterocycles. The standard InChI is InChI=1S/C19H28N6O.HI/c1-20-18(24-14-19(6-3-7-19)8-11-26-2)23-13-16-4-5-17(22-12-16)25-10-9-21-15-25;/h4-5,9-10,12,15H,3,6-8,11,13-14H2,1-2H3,(H2,20,23,24);1H. The topological polar surface area (TPSA) is 76.4 Å². The van der Waals surface area contributed by atoms with Crippen molar-refractivity contribution in [2.45, 2.75) is 32.2 Å². The van der Waals surface area contributed by atoms with Gasteiger partial charge in [0, 0.05) is 52.4 Å². The van der Waals surface area contributed by atoms with Crippen LogP contribution in [0.4, 0.5) is 0 Å². The zero-order chi connectivity index (χ0) is 18.2. The summed E-state index contributed by atoms with van der Waals surface area (Å²) >= 11 is 0. The first-order valence-electron chi connectivity index (χ1n) is 9.11. The Labute approximate surface area is 178 Å². The highest BCUT2D eigenvalue weighted by Gasteiger charge is 2.36. The van der Waals surface area contributed by atoms with Crippen LogP contribution in [0.5, 0.6) is 0 Å². The number of pyridine rings is 1. The molecule has 27 heavy (non-hydrogen) atoms. The molecule has 0 atom stereocenters. The Balaban J connectivity index is 0.00000261. The first kappa shape index (κ1) is 21.6. The Hall–Kier alpha value is -1.68.